The fraction of sp³-hybridized carbons (Fsp3) is 0.111. The maximum atomic E-state index is 12.4. The normalized spacial score (nSPS) is 17.6. The standard InChI is InChI=1S/C18H12ClNO3S/c19-11-6-7-15-13(8-11)14(9-17(22)23-15)18-20(16(21)10-24-18)12-4-2-1-3-5-12/h1-9,18H,10H2. The van der Waals surface area contributed by atoms with Crippen LogP contribution in [0.15, 0.2) is 63.8 Å². The molecule has 24 heavy (non-hydrogen) atoms. The van der Waals surface area contributed by atoms with Gasteiger partial charge < -0.3 is 4.42 Å². The van der Waals surface area contributed by atoms with Gasteiger partial charge in [-0.1, -0.05) is 29.8 Å². The Morgan fingerprint density at radius 2 is 1.88 bits per heavy atom. The van der Waals surface area contributed by atoms with Crippen LogP contribution < -0.4 is 10.5 Å². The average Bonchev–Trinajstić information content (AvgIpc) is 2.97. The van der Waals surface area contributed by atoms with E-state index in [1.165, 1.54) is 17.8 Å². The van der Waals surface area contributed by atoms with Crippen LogP contribution >= 0.6 is 23.4 Å². The van der Waals surface area contributed by atoms with Gasteiger partial charge in [-0.05, 0) is 30.3 Å². The molecule has 2 heterocycles. The fourth-order valence-corrected chi connectivity index (χ4v) is 4.26. The molecule has 0 N–H and O–H groups in total. The summed E-state index contributed by atoms with van der Waals surface area (Å²) in [6, 6.07) is 16.0. The van der Waals surface area contributed by atoms with Crippen LogP contribution in [0.4, 0.5) is 5.69 Å². The van der Waals surface area contributed by atoms with Gasteiger partial charge in [-0.2, -0.15) is 0 Å². The van der Waals surface area contributed by atoms with Gasteiger partial charge in [0.1, 0.15) is 11.0 Å². The van der Waals surface area contributed by atoms with Crippen molar-refractivity contribution in [2.45, 2.75) is 5.37 Å². The summed E-state index contributed by atoms with van der Waals surface area (Å²) in [4.78, 5) is 26.1. The number of para-hydroxylation sites is 1. The molecule has 3 aromatic rings. The molecule has 0 bridgehead atoms. The second kappa shape index (κ2) is 6.00. The summed E-state index contributed by atoms with van der Waals surface area (Å²) >= 11 is 7.60. The minimum absolute atomic E-state index is 0.0135. The van der Waals surface area contributed by atoms with Crippen LogP contribution in [-0.2, 0) is 4.79 Å². The lowest BCUT2D eigenvalue weighted by Crippen LogP contribution is -2.28. The van der Waals surface area contributed by atoms with Gasteiger partial charge in [0.25, 0.3) is 0 Å². The van der Waals surface area contributed by atoms with E-state index in [0.717, 1.165) is 16.6 Å². The third-order valence-electron chi connectivity index (χ3n) is 3.90. The molecule has 6 heteroatoms. The van der Waals surface area contributed by atoms with E-state index in [1.54, 1.807) is 23.1 Å². The molecule has 0 spiro atoms. The second-order valence-electron chi connectivity index (χ2n) is 5.42. The quantitative estimate of drug-likeness (QED) is 0.644. The Hall–Kier alpha value is -2.24. The summed E-state index contributed by atoms with van der Waals surface area (Å²) in [6.07, 6.45) is 0. The molecule has 4 nitrogen and oxygen atoms in total. The van der Waals surface area contributed by atoms with Gasteiger partial charge in [-0.3, -0.25) is 9.69 Å². The van der Waals surface area contributed by atoms with Crippen LogP contribution in [0.1, 0.15) is 10.9 Å². The zero-order chi connectivity index (χ0) is 16.7. The number of hydrogen-bond donors (Lipinski definition) is 0. The molecule has 1 unspecified atom stereocenters. The number of carbonyl (C=O) groups excluding carboxylic acids is 1. The van der Waals surface area contributed by atoms with Gasteiger partial charge in [-0.25, -0.2) is 4.79 Å². The van der Waals surface area contributed by atoms with Crippen LogP contribution in [0.25, 0.3) is 11.0 Å². The number of thioether (sulfide) groups is 1. The molecule has 1 saturated heterocycles. The Kier molecular flexibility index (Phi) is 3.82. The Morgan fingerprint density at radius 1 is 1.08 bits per heavy atom. The minimum Gasteiger partial charge on any atom is -0.423 e. The third kappa shape index (κ3) is 2.60. The number of hydrogen-bond acceptors (Lipinski definition) is 4. The summed E-state index contributed by atoms with van der Waals surface area (Å²) < 4.78 is 5.26. The van der Waals surface area contributed by atoms with Crippen molar-refractivity contribution in [2.24, 2.45) is 0 Å². The Bertz CT molecular complexity index is 986. The molecule has 4 rings (SSSR count). The first kappa shape index (κ1) is 15.3. The first-order valence-electron chi connectivity index (χ1n) is 7.35. The van der Waals surface area contributed by atoms with E-state index < -0.39 is 5.63 Å². The van der Waals surface area contributed by atoms with Crippen molar-refractivity contribution < 1.29 is 9.21 Å². The lowest BCUT2D eigenvalue weighted by molar-refractivity contribution is -0.115. The zero-order valence-electron chi connectivity index (χ0n) is 12.4. The summed E-state index contributed by atoms with van der Waals surface area (Å²) in [5.41, 5.74) is 1.58. The molecule has 0 radical (unpaired) electrons. The number of carbonyl (C=O) groups is 1. The lowest BCUT2D eigenvalue weighted by atomic mass is 10.1. The molecule has 0 aliphatic carbocycles. The minimum atomic E-state index is -0.437. The maximum Gasteiger partial charge on any atom is 0.336 e. The van der Waals surface area contributed by atoms with E-state index in [0.29, 0.717) is 16.4 Å². The predicted octanol–water partition coefficient (Wildman–Crippen LogP) is 4.23. The monoisotopic (exact) mass is 357 g/mol. The van der Waals surface area contributed by atoms with Crippen molar-refractivity contribution in [3.05, 3.63) is 75.6 Å². The topological polar surface area (TPSA) is 50.5 Å². The van der Waals surface area contributed by atoms with Gasteiger partial charge in [0, 0.05) is 27.7 Å². The van der Waals surface area contributed by atoms with Gasteiger partial charge in [-0.15, -0.1) is 11.8 Å². The van der Waals surface area contributed by atoms with Crippen LogP contribution in [0, 0.1) is 0 Å². The van der Waals surface area contributed by atoms with Gasteiger partial charge >= 0.3 is 5.63 Å². The van der Waals surface area contributed by atoms with Crippen molar-refractivity contribution in [1.82, 2.24) is 0 Å². The molecule has 1 aromatic heterocycles. The van der Waals surface area contributed by atoms with Crippen molar-refractivity contribution >= 4 is 45.9 Å². The van der Waals surface area contributed by atoms with Crippen molar-refractivity contribution in [2.75, 3.05) is 10.7 Å². The summed E-state index contributed by atoms with van der Waals surface area (Å²) in [6.45, 7) is 0. The molecule has 1 fully saturated rings. The smallest absolute Gasteiger partial charge is 0.336 e. The zero-order valence-corrected chi connectivity index (χ0v) is 14.0. The average molecular weight is 358 g/mol. The van der Waals surface area contributed by atoms with E-state index in [-0.39, 0.29) is 11.3 Å². The number of halogens is 1. The molecular weight excluding hydrogens is 346 g/mol. The van der Waals surface area contributed by atoms with Crippen LogP contribution in [-0.4, -0.2) is 11.7 Å². The van der Waals surface area contributed by atoms with E-state index in [2.05, 4.69) is 0 Å². The molecule has 1 amide bonds. The van der Waals surface area contributed by atoms with E-state index >= 15 is 0 Å². The molecule has 1 aliphatic rings. The Morgan fingerprint density at radius 3 is 2.67 bits per heavy atom. The maximum absolute atomic E-state index is 12.4. The summed E-state index contributed by atoms with van der Waals surface area (Å²) in [5.74, 6) is 0.376. The third-order valence-corrected chi connectivity index (χ3v) is 5.33. The van der Waals surface area contributed by atoms with Crippen molar-refractivity contribution in [1.29, 1.82) is 0 Å². The molecular formula is C18H12ClNO3S. The first-order valence-corrected chi connectivity index (χ1v) is 8.78. The van der Waals surface area contributed by atoms with Gasteiger partial charge in [0.15, 0.2) is 0 Å². The highest BCUT2D eigenvalue weighted by atomic mass is 35.5. The second-order valence-corrected chi connectivity index (χ2v) is 6.93. The van der Waals surface area contributed by atoms with Crippen molar-refractivity contribution in [3.8, 4) is 0 Å². The van der Waals surface area contributed by atoms with E-state index in [1.807, 2.05) is 30.3 Å². The number of nitrogens with zero attached hydrogens (tertiary/aromatic N) is 1. The highest BCUT2D eigenvalue weighted by molar-refractivity contribution is 8.00. The summed E-state index contributed by atoms with van der Waals surface area (Å²) in [5, 5.41) is 1.01. The first-order chi connectivity index (χ1) is 11.6. The van der Waals surface area contributed by atoms with Crippen molar-refractivity contribution in [3.63, 3.8) is 0 Å². The van der Waals surface area contributed by atoms with E-state index in [9.17, 15) is 9.59 Å². The van der Waals surface area contributed by atoms with Gasteiger partial charge in [0.05, 0.1) is 5.75 Å². The van der Waals surface area contributed by atoms with Crippen LogP contribution in [0.3, 0.4) is 0 Å². The SMILES string of the molecule is O=C1CSC(c2cc(=O)oc3ccc(Cl)cc23)N1c1ccccc1. The lowest BCUT2D eigenvalue weighted by Gasteiger charge is -2.25. The molecule has 2 aromatic carbocycles. The summed E-state index contributed by atoms with van der Waals surface area (Å²) in [7, 11) is 0. The largest absolute Gasteiger partial charge is 0.423 e. The van der Waals surface area contributed by atoms with E-state index in [4.69, 9.17) is 16.0 Å². The molecule has 1 atom stereocenters. The van der Waals surface area contributed by atoms with Crippen LogP contribution in [0.5, 0.6) is 0 Å². The number of rotatable bonds is 2. The highest BCUT2D eigenvalue weighted by Gasteiger charge is 2.35. The predicted molar refractivity (Wildman–Crippen MR) is 96.6 cm³/mol. The fourth-order valence-electron chi connectivity index (χ4n) is 2.89. The molecule has 0 saturated carbocycles. The number of benzene rings is 2. The highest BCUT2D eigenvalue weighted by Crippen LogP contribution is 2.43. The Balaban J connectivity index is 1.91. The Labute approximate surface area is 147 Å². The van der Waals surface area contributed by atoms with Crippen LogP contribution in [0.2, 0.25) is 5.02 Å². The van der Waals surface area contributed by atoms with Gasteiger partial charge in [0.2, 0.25) is 5.91 Å². The number of fused-ring (bicyclic) bond motifs is 1. The molecule has 1 aliphatic heterocycles. The number of anilines is 1. The molecule has 120 valence electrons. The number of amides is 1.